The summed E-state index contributed by atoms with van der Waals surface area (Å²) in [5.74, 6) is 0.956. The molecule has 1 N–H and O–H groups in total. The average Bonchev–Trinajstić information content (AvgIpc) is 2.71. The molecule has 2 rings (SSSR count). The van der Waals surface area contributed by atoms with Gasteiger partial charge in [-0.25, -0.2) is 0 Å². The summed E-state index contributed by atoms with van der Waals surface area (Å²) in [7, 11) is 0. The lowest BCUT2D eigenvalue weighted by Gasteiger charge is -2.28. The van der Waals surface area contributed by atoms with Gasteiger partial charge in [0.1, 0.15) is 16.6 Å². The van der Waals surface area contributed by atoms with Crippen molar-refractivity contribution in [1.82, 2.24) is 4.72 Å². The van der Waals surface area contributed by atoms with E-state index in [1.165, 1.54) is 5.56 Å². The van der Waals surface area contributed by atoms with Crippen molar-refractivity contribution in [2.45, 2.75) is 51.0 Å². The molecule has 0 fully saturated rings. The van der Waals surface area contributed by atoms with E-state index in [2.05, 4.69) is 10.8 Å². The van der Waals surface area contributed by atoms with E-state index in [1.807, 2.05) is 45.9 Å². The van der Waals surface area contributed by atoms with Gasteiger partial charge in [0.15, 0.2) is 0 Å². The Bertz CT molecular complexity index is 392. The minimum Gasteiger partial charge on any atom is -0.598 e. The van der Waals surface area contributed by atoms with Crippen molar-refractivity contribution in [2.24, 2.45) is 0 Å². The Labute approximate surface area is 112 Å². The largest absolute Gasteiger partial charge is 0.598 e. The molecule has 0 bridgehead atoms. The van der Waals surface area contributed by atoms with Gasteiger partial charge in [-0.1, -0.05) is 18.2 Å². The van der Waals surface area contributed by atoms with E-state index >= 15 is 0 Å². The molecule has 18 heavy (non-hydrogen) atoms. The molecule has 0 spiro atoms. The van der Waals surface area contributed by atoms with Crippen LogP contribution in [0.3, 0.4) is 0 Å². The maximum Gasteiger partial charge on any atom is 0.136 e. The number of benzene rings is 1. The van der Waals surface area contributed by atoms with E-state index in [0.29, 0.717) is 0 Å². The van der Waals surface area contributed by atoms with Crippen LogP contribution in [0.2, 0.25) is 0 Å². The number of para-hydroxylation sites is 1. The van der Waals surface area contributed by atoms with Gasteiger partial charge in [-0.05, 0) is 39.3 Å². The molecule has 0 saturated heterocycles. The highest BCUT2D eigenvalue weighted by atomic mass is 32.2. The van der Waals surface area contributed by atoms with Crippen LogP contribution in [0.5, 0.6) is 5.75 Å². The molecule has 0 aromatic heterocycles. The highest BCUT2D eigenvalue weighted by Crippen LogP contribution is 2.29. The topological polar surface area (TPSA) is 44.3 Å². The lowest BCUT2D eigenvalue weighted by molar-refractivity contribution is 0.198. The zero-order valence-corrected chi connectivity index (χ0v) is 12.2. The monoisotopic (exact) mass is 267 g/mol. The van der Waals surface area contributed by atoms with Crippen LogP contribution in [0, 0.1) is 0 Å². The minimum absolute atomic E-state index is 0.0636. The summed E-state index contributed by atoms with van der Waals surface area (Å²) in [6.45, 7) is 7.92. The van der Waals surface area contributed by atoms with Crippen LogP contribution in [0.1, 0.15) is 33.3 Å². The van der Waals surface area contributed by atoms with Gasteiger partial charge in [0, 0.05) is 17.8 Å². The molecule has 0 amide bonds. The van der Waals surface area contributed by atoms with Crippen LogP contribution in [-0.2, 0) is 17.8 Å². The molecule has 1 aromatic rings. The summed E-state index contributed by atoms with van der Waals surface area (Å²) in [5.41, 5.74) is 1.23. The first kappa shape index (κ1) is 13.7. The van der Waals surface area contributed by atoms with E-state index in [-0.39, 0.29) is 16.9 Å². The number of fused-ring (bicyclic) bond motifs is 1. The Kier molecular flexibility index (Phi) is 3.90. The van der Waals surface area contributed by atoms with Crippen molar-refractivity contribution in [2.75, 3.05) is 0 Å². The molecule has 4 heteroatoms. The fraction of sp³-hybridized carbons (Fsp3) is 0.571. The predicted molar refractivity (Wildman–Crippen MR) is 75.1 cm³/mol. The molecule has 0 aliphatic carbocycles. The molecule has 0 radical (unpaired) electrons. The fourth-order valence-corrected chi connectivity index (χ4v) is 2.75. The number of hydrogen-bond acceptors (Lipinski definition) is 3. The number of nitrogens with one attached hydrogen (secondary N) is 1. The maximum atomic E-state index is 12.0. The highest BCUT2D eigenvalue weighted by Gasteiger charge is 2.34. The Hall–Kier alpha value is -0.710. The van der Waals surface area contributed by atoms with Crippen LogP contribution in [-0.4, -0.2) is 21.4 Å². The van der Waals surface area contributed by atoms with Gasteiger partial charge in [0.05, 0.1) is 6.04 Å². The van der Waals surface area contributed by atoms with E-state index < -0.39 is 11.4 Å². The maximum absolute atomic E-state index is 12.0. The molecule has 0 saturated carbocycles. The SMILES string of the molecule is C[C@H](N[S@+]([O-])C(C)(C)C)C1Cc2ccccc2O1. The predicted octanol–water partition coefficient (Wildman–Crippen LogP) is 2.43. The van der Waals surface area contributed by atoms with Gasteiger partial charge in [0.2, 0.25) is 0 Å². The first-order valence-corrected chi connectivity index (χ1v) is 7.45. The smallest absolute Gasteiger partial charge is 0.136 e. The number of ether oxygens (including phenoxy) is 1. The number of rotatable bonds is 3. The lowest BCUT2D eigenvalue weighted by Crippen LogP contribution is -2.49. The van der Waals surface area contributed by atoms with Gasteiger partial charge < -0.3 is 9.29 Å². The first-order chi connectivity index (χ1) is 8.38. The summed E-state index contributed by atoms with van der Waals surface area (Å²) in [6, 6.07) is 8.14. The van der Waals surface area contributed by atoms with Crippen molar-refractivity contribution in [3.05, 3.63) is 29.8 Å². The summed E-state index contributed by atoms with van der Waals surface area (Å²) in [4.78, 5) is 0. The van der Waals surface area contributed by atoms with Crippen LogP contribution < -0.4 is 9.46 Å². The van der Waals surface area contributed by atoms with E-state index in [1.54, 1.807) is 0 Å². The highest BCUT2D eigenvalue weighted by molar-refractivity contribution is 7.90. The normalized spacial score (nSPS) is 22.2. The third-order valence-corrected chi connectivity index (χ3v) is 4.78. The fourth-order valence-electron chi connectivity index (χ4n) is 1.91. The van der Waals surface area contributed by atoms with Crippen LogP contribution in [0.25, 0.3) is 0 Å². The molecule has 3 atom stereocenters. The van der Waals surface area contributed by atoms with Gasteiger partial charge in [0.25, 0.3) is 0 Å². The third kappa shape index (κ3) is 2.99. The summed E-state index contributed by atoms with van der Waals surface area (Å²) >= 11 is -1.06. The van der Waals surface area contributed by atoms with E-state index in [0.717, 1.165) is 12.2 Å². The Balaban J connectivity index is 1.95. The summed E-state index contributed by atoms with van der Waals surface area (Å²) in [6.07, 6.45) is 0.944. The second-order valence-electron chi connectivity index (χ2n) is 5.76. The lowest BCUT2D eigenvalue weighted by atomic mass is 10.1. The van der Waals surface area contributed by atoms with E-state index in [9.17, 15) is 4.55 Å². The van der Waals surface area contributed by atoms with E-state index in [4.69, 9.17) is 4.74 Å². The standard InChI is InChI=1S/C14H21NO2S/c1-10(15-18(16)14(2,3)4)13-9-11-7-5-6-8-12(11)17-13/h5-8,10,13,15H,9H2,1-4H3/t10-,13?,18+/m0/s1. The van der Waals surface area contributed by atoms with Crippen molar-refractivity contribution in [1.29, 1.82) is 0 Å². The van der Waals surface area contributed by atoms with Crippen LogP contribution in [0.4, 0.5) is 0 Å². The molecular weight excluding hydrogens is 246 g/mol. The zero-order chi connectivity index (χ0) is 13.3. The Morgan fingerprint density at radius 3 is 2.67 bits per heavy atom. The Morgan fingerprint density at radius 1 is 1.39 bits per heavy atom. The first-order valence-electron chi connectivity index (χ1n) is 6.30. The zero-order valence-electron chi connectivity index (χ0n) is 11.4. The molecule has 1 unspecified atom stereocenters. The Morgan fingerprint density at radius 2 is 2.06 bits per heavy atom. The number of hydrogen-bond donors (Lipinski definition) is 1. The molecule has 1 heterocycles. The van der Waals surface area contributed by atoms with Crippen LogP contribution >= 0.6 is 0 Å². The summed E-state index contributed by atoms with van der Waals surface area (Å²) in [5, 5.41) is 0. The third-order valence-electron chi connectivity index (χ3n) is 3.08. The average molecular weight is 267 g/mol. The second kappa shape index (κ2) is 5.11. The molecule has 1 aliphatic heterocycles. The van der Waals surface area contributed by atoms with Gasteiger partial charge >= 0.3 is 0 Å². The molecular formula is C14H21NO2S. The van der Waals surface area contributed by atoms with Crippen molar-refractivity contribution >= 4 is 11.4 Å². The van der Waals surface area contributed by atoms with Crippen molar-refractivity contribution < 1.29 is 9.29 Å². The van der Waals surface area contributed by atoms with Crippen molar-refractivity contribution in [3.63, 3.8) is 0 Å². The quantitative estimate of drug-likeness (QED) is 0.855. The molecule has 1 aromatic carbocycles. The molecule has 1 aliphatic rings. The molecule has 100 valence electrons. The van der Waals surface area contributed by atoms with Crippen molar-refractivity contribution in [3.8, 4) is 5.75 Å². The molecule has 3 nitrogen and oxygen atoms in total. The van der Waals surface area contributed by atoms with Gasteiger partial charge in [-0.15, -0.1) is 4.72 Å². The second-order valence-corrected chi connectivity index (χ2v) is 7.75. The van der Waals surface area contributed by atoms with Crippen LogP contribution in [0.15, 0.2) is 24.3 Å². The minimum atomic E-state index is -1.06. The summed E-state index contributed by atoms with van der Waals surface area (Å²) < 4.78 is 20.8. The van der Waals surface area contributed by atoms with Gasteiger partial charge in [-0.3, -0.25) is 0 Å². The van der Waals surface area contributed by atoms with Gasteiger partial charge in [-0.2, -0.15) is 0 Å².